The first-order valence-electron chi connectivity index (χ1n) is 8.89. The summed E-state index contributed by atoms with van der Waals surface area (Å²) in [4.78, 5) is 13.2. The van der Waals surface area contributed by atoms with Gasteiger partial charge in [-0.15, -0.1) is 0 Å². The fraction of sp³-hybridized carbons (Fsp3) is 0.286. The number of ether oxygens (including phenoxy) is 6. The molecule has 0 aliphatic heterocycles. The lowest BCUT2D eigenvalue weighted by molar-refractivity contribution is 0.322. The van der Waals surface area contributed by atoms with Gasteiger partial charge in [0.2, 0.25) is 34.2 Å². The molecule has 0 spiro atoms. The molecule has 2 aromatic carbocycles. The Morgan fingerprint density at radius 2 is 1.19 bits per heavy atom. The minimum atomic E-state index is -0.707. The number of fused-ring (bicyclic) bond motifs is 1. The number of methoxy groups -OCH3 is 6. The molecule has 166 valence electrons. The predicted octanol–water partition coefficient (Wildman–Crippen LogP) is 2.92. The number of hydrogen-bond acceptors (Lipinski definition) is 10. The topological polar surface area (TPSA) is 126 Å². The van der Waals surface area contributed by atoms with Crippen LogP contribution in [0.2, 0.25) is 0 Å². The van der Waals surface area contributed by atoms with Gasteiger partial charge in [-0.25, -0.2) is 0 Å². The average molecular weight is 434 g/mol. The molecule has 0 amide bonds. The van der Waals surface area contributed by atoms with Crippen molar-refractivity contribution < 1.29 is 43.1 Å². The molecule has 0 unspecified atom stereocenters. The zero-order valence-corrected chi connectivity index (χ0v) is 17.8. The monoisotopic (exact) mass is 434 g/mol. The van der Waals surface area contributed by atoms with E-state index in [0.717, 1.165) is 0 Å². The minimum absolute atomic E-state index is 0.0125. The first-order valence-corrected chi connectivity index (χ1v) is 8.89. The molecule has 31 heavy (non-hydrogen) atoms. The van der Waals surface area contributed by atoms with Crippen LogP contribution in [-0.2, 0) is 0 Å². The van der Waals surface area contributed by atoms with E-state index in [1.54, 1.807) is 12.1 Å². The van der Waals surface area contributed by atoms with Gasteiger partial charge in [0.1, 0.15) is 5.39 Å². The Hall–Kier alpha value is -3.95. The Morgan fingerprint density at radius 1 is 0.677 bits per heavy atom. The summed E-state index contributed by atoms with van der Waals surface area (Å²) in [5.74, 6) is -0.916. The van der Waals surface area contributed by atoms with Gasteiger partial charge < -0.3 is 43.1 Å². The molecule has 0 saturated carbocycles. The van der Waals surface area contributed by atoms with Crippen LogP contribution < -0.4 is 33.8 Å². The van der Waals surface area contributed by atoms with Crippen LogP contribution in [0.15, 0.2) is 21.3 Å². The van der Waals surface area contributed by atoms with E-state index in [1.807, 2.05) is 0 Å². The molecule has 3 rings (SSSR count). The highest BCUT2D eigenvalue weighted by Crippen LogP contribution is 2.51. The van der Waals surface area contributed by atoms with Crippen LogP contribution in [0.1, 0.15) is 0 Å². The highest BCUT2D eigenvalue weighted by Gasteiger charge is 2.29. The van der Waals surface area contributed by atoms with Crippen LogP contribution >= 0.6 is 0 Å². The SMILES string of the molecule is COc1cc(-c2oc3c(OC)c(O)c(OC)c(O)c3c(=O)c2OC)cc(OC)c1OC. The highest BCUT2D eigenvalue weighted by molar-refractivity contribution is 5.96. The summed E-state index contributed by atoms with van der Waals surface area (Å²) in [5.41, 5.74) is -0.559. The zero-order chi connectivity index (χ0) is 22.9. The Morgan fingerprint density at radius 3 is 1.65 bits per heavy atom. The van der Waals surface area contributed by atoms with Crippen LogP contribution in [0.3, 0.4) is 0 Å². The van der Waals surface area contributed by atoms with Crippen molar-refractivity contribution in [2.75, 3.05) is 42.7 Å². The maximum atomic E-state index is 13.2. The molecule has 3 aromatic rings. The van der Waals surface area contributed by atoms with Gasteiger partial charge >= 0.3 is 0 Å². The molecule has 0 bridgehead atoms. The van der Waals surface area contributed by atoms with Crippen LogP contribution in [-0.4, -0.2) is 52.9 Å². The van der Waals surface area contributed by atoms with Gasteiger partial charge in [0, 0.05) is 5.56 Å². The first-order chi connectivity index (χ1) is 14.9. The Labute approximate surface area is 177 Å². The van der Waals surface area contributed by atoms with Crippen LogP contribution in [0, 0.1) is 0 Å². The van der Waals surface area contributed by atoms with Crippen molar-refractivity contribution >= 4 is 11.0 Å². The fourth-order valence-corrected chi connectivity index (χ4v) is 3.30. The number of aromatic hydroxyl groups is 2. The average Bonchev–Trinajstić information content (AvgIpc) is 2.78. The van der Waals surface area contributed by atoms with Gasteiger partial charge in [-0.05, 0) is 12.1 Å². The smallest absolute Gasteiger partial charge is 0.239 e. The molecular formula is C21H22O10. The molecule has 1 aromatic heterocycles. The van der Waals surface area contributed by atoms with E-state index in [9.17, 15) is 15.0 Å². The maximum Gasteiger partial charge on any atom is 0.239 e. The van der Waals surface area contributed by atoms with Crippen LogP contribution in [0.25, 0.3) is 22.3 Å². The summed E-state index contributed by atoms with van der Waals surface area (Å²) in [6, 6.07) is 3.12. The molecule has 0 aliphatic carbocycles. The molecule has 1 heterocycles. The van der Waals surface area contributed by atoms with Gasteiger partial charge in [-0.3, -0.25) is 4.79 Å². The Bertz CT molecular complexity index is 1170. The molecule has 0 aliphatic rings. The van der Waals surface area contributed by atoms with E-state index in [1.165, 1.54) is 42.7 Å². The fourth-order valence-electron chi connectivity index (χ4n) is 3.30. The molecule has 10 heteroatoms. The van der Waals surface area contributed by atoms with Crippen molar-refractivity contribution in [2.45, 2.75) is 0 Å². The van der Waals surface area contributed by atoms with Crippen molar-refractivity contribution in [3.05, 3.63) is 22.4 Å². The van der Waals surface area contributed by atoms with Crippen molar-refractivity contribution in [1.29, 1.82) is 0 Å². The lowest BCUT2D eigenvalue weighted by Gasteiger charge is -2.17. The Kier molecular flexibility index (Phi) is 5.91. The quantitative estimate of drug-likeness (QED) is 0.573. The molecular weight excluding hydrogens is 412 g/mol. The Balaban J connectivity index is 2.49. The predicted molar refractivity (Wildman–Crippen MR) is 111 cm³/mol. The second kappa shape index (κ2) is 8.42. The number of phenols is 2. The summed E-state index contributed by atoms with van der Waals surface area (Å²) < 4.78 is 37.5. The second-order valence-electron chi connectivity index (χ2n) is 6.18. The molecule has 0 radical (unpaired) electrons. The van der Waals surface area contributed by atoms with Crippen LogP contribution in [0.4, 0.5) is 0 Å². The minimum Gasteiger partial charge on any atom is -0.504 e. The van der Waals surface area contributed by atoms with Gasteiger partial charge in [0.05, 0.1) is 42.7 Å². The van der Waals surface area contributed by atoms with Crippen LogP contribution in [0.5, 0.6) is 46.0 Å². The first kappa shape index (κ1) is 21.8. The highest BCUT2D eigenvalue weighted by atomic mass is 16.5. The number of rotatable bonds is 7. The molecule has 2 N–H and O–H groups in total. The van der Waals surface area contributed by atoms with Crippen molar-refractivity contribution in [1.82, 2.24) is 0 Å². The van der Waals surface area contributed by atoms with Crippen molar-refractivity contribution in [3.8, 4) is 57.3 Å². The molecule has 0 fully saturated rings. The van der Waals surface area contributed by atoms with E-state index in [2.05, 4.69) is 0 Å². The number of hydrogen-bond donors (Lipinski definition) is 2. The van der Waals surface area contributed by atoms with E-state index < -0.39 is 16.9 Å². The number of phenolic OH excluding ortho intramolecular Hbond substituents is 2. The summed E-state index contributed by atoms with van der Waals surface area (Å²) in [7, 11) is 8.13. The maximum absolute atomic E-state index is 13.2. The van der Waals surface area contributed by atoms with Crippen molar-refractivity contribution in [2.24, 2.45) is 0 Å². The van der Waals surface area contributed by atoms with E-state index >= 15 is 0 Å². The lowest BCUT2D eigenvalue weighted by Crippen LogP contribution is -2.09. The summed E-state index contributed by atoms with van der Waals surface area (Å²) in [5, 5.41) is 20.7. The summed E-state index contributed by atoms with van der Waals surface area (Å²) in [6.07, 6.45) is 0. The normalized spacial score (nSPS) is 10.6. The molecule has 0 atom stereocenters. The largest absolute Gasteiger partial charge is 0.504 e. The summed E-state index contributed by atoms with van der Waals surface area (Å²) >= 11 is 0. The third-order valence-electron chi connectivity index (χ3n) is 4.70. The van der Waals surface area contributed by atoms with Gasteiger partial charge in [-0.1, -0.05) is 0 Å². The van der Waals surface area contributed by atoms with Gasteiger partial charge in [0.15, 0.2) is 28.6 Å². The summed E-state index contributed by atoms with van der Waals surface area (Å²) in [6.45, 7) is 0. The molecule has 10 nitrogen and oxygen atoms in total. The van der Waals surface area contributed by atoms with Crippen molar-refractivity contribution in [3.63, 3.8) is 0 Å². The number of benzene rings is 2. The standard InChI is InChI=1S/C21H22O10/c1-25-10-7-9(8-11(26-2)17(10)27-3)16-20(29-5)14(23)12-13(22)19(28-4)15(24)21(30-6)18(12)31-16/h7-8,22,24H,1-6H3. The third-order valence-corrected chi connectivity index (χ3v) is 4.70. The van der Waals surface area contributed by atoms with Gasteiger partial charge in [-0.2, -0.15) is 0 Å². The van der Waals surface area contributed by atoms with E-state index in [-0.39, 0.29) is 34.0 Å². The lowest BCUT2D eigenvalue weighted by atomic mass is 10.1. The zero-order valence-electron chi connectivity index (χ0n) is 17.8. The second-order valence-corrected chi connectivity index (χ2v) is 6.18. The third kappa shape index (κ3) is 3.25. The molecule has 0 saturated heterocycles. The van der Waals surface area contributed by atoms with E-state index in [0.29, 0.717) is 22.8 Å². The van der Waals surface area contributed by atoms with E-state index in [4.69, 9.17) is 32.8 Å². The van der Waals surface area contributed by atoms with Gasteiger partial charge in [0.25, 0.3) is 0 Å².